The van der Waals surface area contributed by atoms with Crippen LogP contribution in [0.15, 0.2) is 18.2 Å². The number of hydrogen-bond donors (Lipinski definition) is 0. The molecule has 0 aromatic heterocycles. The van der Waals surface area contributed by atoms with Crippen LogP contribution in [-0.2, 0) is 6.42 Å². The van der Waals surface area contributed by atoms with Gasteiger partial charge in [-0.1, -0.05) is 58.1 Å². The average molecular weight is 281 g/mol. The van der Waals surface area contributed by atoms with Crippen molar-refractivity contribution in [3.63, 3.8) is 0 Å². The molecule has 1 aromatic rings. The number of rotatable bonds is 3. The monoisotopic (exact) mass is 280 g/mol. The van der Waals surface area contributed by atoms with Crippen LogP contribution in [0.2, 0.25) is 0 Å². The van der Waals surface area contributed by atoms with Gasteiger partial charge < -0.3 is 0 Å². The zero-order chi connectivity index (χ0) is 11.6. The van der Waals surface area contributed by atoms with Crippen LogP contribution in [0.25, 0.3) is 0 Å². The summed E-state index contributed by atoms with van der Waals surface area (Å²) in [6.07, 6.45) is 6.87. The molecule has 0 atom stereocenters. The minimum atomic E-state index is 0.542. The Hall–Kier alpha value is -0.300. The van der Waals surface area contributed by atoms with Crippen molar-refractivity contribution >= 4 is 15.9 Å². The lowest BCUT2D eigenvalue weighted by atomic mass is 9.81. The van der Waals surface area contributed by atoms with Crippen molar-refractivity contribution in [1.82, 2.24) is 0 Å². The van der Waals surface area contributed by atoms with Gasteiger partial charge in [-0.15, -0.1) is 0 Å². The number of hydrogen-bond acceptors (Lipinski definition) is 0. The summed E-state index contributed by atoms with van der Waals surface area (Å²) >= 11 is 3.73. The molecule has 1 fully saturated rings. The predicted molar refractivity (Wildman–Crippen MR) is 74.3 cm³/mol. The zero-order valence-corrected chi connectivity index (χ0v) is 11.9. The van der Waals surface area contributed by atoms with Crippen molar-refractivity contribution in [3.05, 3.63) is 34.9 Å². The van der Waals surface area contributed by atoms with Crippen LogP contribution in [0.3, 0.4) is 0 Å². The predicted octanol–water partition coefficient (Wildman–Crippen LogP) is 4.80. The molecule has 0 N–H and O–H groups in total. The average Bonchev–Trinajstić information content (AvgIpc) is 2.65. The molecule has 1 aliphatic carbocycles. The number of aryl methyl sites for hydroxylation is 2. The highest BCUT2D eigenvalue weighted by Crippen LogP contribution is 2.42. The van der Waals surface area contributed by atoms with Crippen LogP contribution < -0.4 is 0 Å². The third-order valence-electron chi connectivity index (χ3n) is 3.81. The van der Waals surface area contributed by atoms with Crippen molar-refractivity contribution < 1.29 is 0 Å². The van der Waals surface area contributed by atoms with Gasteiger partial charge in [0.05, 0.1) is 0 Å². The highest BCUT2D eigenvalue weighted by atomic mass is 79.9. The van der Waals surface area contributed by atoms with Crippen LogP contribution in [0.1, 0.15) is 42.4 Å². The molecule has 1 aliphatic rings. The molecule has 0 heterocycles. The van der Waals surface area contributed by atoms with E-state index in [2.05, 4.69) is 48.0 Å². The van der Waals surface area contributed by atoms with Crippen molar-refractivity contribution in [3.8, 4) is 0 Å². The molecule has 16 heavy (non-hydrogen) atoms. The van der Waals surface area contributed by atoms with Crippen molar-refractivity contribution in [2.75, 3.05) is 5.33 Å². The third-order valence-corrected chi connectivity index (χ3v) is 5.00. The maximum absolute atomic E-state index is 3.73. The van der Waals surface area contributed by atoms with Crippen LogP contribution in [0.4, 0.5) is 0 Å². The fourth-order valence-corrected chi connectivity index (χ4v) is 3.85. The molecule has 2 rings (SSSR count). The Balaban J connectivity index is 2.18. The zero-order valence-electron chi connectivity index (χ0n) is 10.4. The summed E-state index contributed by atoms with van der Waals surface area (Å²) in [7, 11) is 0. The first-order valence-corrected chi connectivity index (χ1v) is 7.39. The largest absolute Gasteiger partial charge is 0.0922 e. The van der Waals surface area contributed by atoms with Crippen LogP contribution in [0.5, 0.6) is 0 Å². The summed E-state index contributed by atoms with van der Waals surface area (Å²) in [4.78, 5) is 0. The van der Waals surface area contributed by atoms with E-state index in [4.69, 9.17) is 0 Å². The minimum Gasteiger partial charge on any atom is -0.0922 e. The fraction of sp³-hybridized carbons (Fsp3) is 0.600. The summed E-state index contributed by atoms with van der Waals surface area (Å²) in [6, 6.07) is 6.98. The van der Waals surface area contributed by atoms with Gasteiger partial charge in [0.25, 0.3) is 0 Å². The topological polar surface area (TPSA) is 0 Å². The van der Waals surface area contributed by atoms with Gasteiger partial charge in [0.15, 0.2) is 0 Å². The second-order valence-corrected chi connectivity index (χ2v) is 6.07. The van der Waals surface area contributed by atoms with E-state index in [0.717, 1.165) is 5.33 Å². The minimum absolute atomic E-state index is 0.542. The molecule has 0 spiro atoms. The first-order chi connectivity index (χ1) is 7.63. The molecule has 1 saturated carbocycles. The first kappa shape index (κ1) is 12.2. The van der Waals surface area contributed by atoms with Crippen molar-refractivity contribution in [2.24, 2.45) is 5.41 Å². The SMILES string of the molecule is Cc1cc(C)cc(CC2(CBr)CCCC2)c1. The molecule has 0 bridgehead atoms. The summed E-state index contributed by atoms with van der Waals surface area (Å²) in [5.74, 6) is 0. The second kappa shape index (κ2) is 4.91. The summed E-state index contributed by atoms with van der Waals surface area (Å²) in [5.41, 5.74) is 4.87. The molecular formula is C15H21Br. The molecule has 0 amide bonds. The van der Waals surface area contributed by atoms with E-state index in [9.17, 15) is 0 Å². The molecule has 1 heteroatoms. The third kappa shape index (κ3) is 2.68. The van der Waals surface area contributed by atoms with Gasteiger partial charge in [0, 0.05) is 5.33 Å². The lowest BCUT2D eigenvalue weighted by Gasteiger charge is -2.27. The lowest BCUT2D eigenvalue weighted by Crippen LogP contribution is -2.21. The normalized spacial score (nSPS) is 18.9. The highest BCUT2D eigenvalue weighted by Gasteiger charge is 2.32. The Labute approximate surface area is 108 Å². The van der Waals surface area contributed by atoms with E-state index in [1.54, 1.807) is 0 Å². The van der Waals surface area contributed by atoms with Gasteiger partial charge in [0.1, 0.15) is 0 Å². The Morgan fingerprint density at radius 2 is 1.62 bits per heavy atom. The molecular weight excluding hydrogens is 260 g/mol. The highest BCUT2D eigenvalue weighted by molar-refractivity contribution is 9.09. The molecule has 88 valence electrons. The maximum Gasteiger partial charge on any atom is 0.00911 e. The van der Waals surface area contributed by atoms with Crippen molar-refractivity contribution in [2.45, 2.75) is 46.0 Å². The summed E-state index contributed by atoms with van der Waals surface area (Å²) in [6.45, 7) is 4.40. The van der Waals surface area contributed by atoms with E-state index in [1.165, 1.54) is 48.8 Å². The second-order valence-electron chi connectivity index (χ2n) is 5.51. The first-order valence-electron chi connectivity index (χ1n) is 6.27. The van der Waals surface area contributed by atoms with E-state index in [1.807, 2.05) is 0 Å². The van der Waals surface area contributed by atoms with Gasteiger partial charge in [-0.2, -0.15) is 0 Å². The van der Waals surface area contributed by atoms with Crippen LogP contribution in [-0.4, -0.2) is 5.33 Å². The van der Waals surface area contributed by atoms with Crippen LogP contribution in [0, 0.1) is 19.3 Å². The Bertz CT molecular complexity index is 341. The molecule has 1 aromatic carbocycles. The molecule has 0 saturated heterocycles. The fourth-order valence-electron chi connectivity index (χ4n) is 3.09. The Morgan fingerprint density at radius 1 is 1.06 bits per heavy atom. The van der Waals surface area contributed by atoms with Gasteiger partial charge in [-0.25, -0.2) is 0 Å². The van der Waals surface area contributed by atoms with E-state index < -0.39 is 0 Å². The Morgan fingerprint density at radius 3 is 2.12 bits per heavy atom. The van der Waals surface area contributed by atoms with Crippen molar-refractivity contribution in [1.29, 1.82) is 0 Å². The van der Waals surface area contributed by atoms with E-state index in [0.29, 0.717) is 5.41 Å². The molecule has 0 nitrogen and oxygen atoms in total. The van der Waals surface area contributed by atoms with Gasteiger partial charge in [0.2, 0.25) is 0 Å². The standard InChI is InChI=1S/C15H21Br/c1-12-7-13(2)9-14(8-12)10-15(11-16)5-3-4-6-15/h7-9H,3-6,10-11H2,1-2H3. The Kier molecular flexibility index (Phi) is 3.73. The smallest absolute Gasteiger partial charge is 0.00911 e. The molecule has 0 unspecified atom stereocenters. The quantitative estimate of drug-likeness (QED) is 0.698. The lowest BCUT2D eigenvalue weighted by molar-refractivity contribution is 0.346. The maximum atomic E-state index is 3.73. The van der Waals surface area contributed by atoms with E-state index >= 15 is 0 Å². The molecule has 0 radical (unpaired) electrons. The summed E-state index contributed by atoms with van der Waals surface area (Å²) in [5, 5.41) is 1.16. The van der Waals surface area contributed by atoms with E-state index in [-0.39, 0.29) is 0 Å². The van der Waals surface area contributed by atoms with Gasteiger partial charge >= 0.3 is 0 Å². The number of alkyl halides is 1. The number of benzene rings is 1. The number of halogens is 1. The van der Waals surface area contributed by atoms with Gasteiger partial charge in [-0.3, -0.25) is 0 Å². The van der Waals surface area contributed by atoms with Gasteiger partial charge in [-0.05, 0) is 44.1 Å². The summed E-state index contributed by atoms with van der Waals surface area (Å²) < 4.78 is 0. The van der Waals surface area contributed by atoms with Crippen LogP contribution >= 0.6 is 15.9 Å². The molecule has 0 aliphatic heterocycles.